The predicted octanol–water partition coefficient (Wildman–Crippen LogP) is 3.05. The van der Waals surface area contributed by atoms with Gasteiger partial charge >= 0.3 is 0 Å². The van der Waals surface area contributed by atoms with Gasteiger partial charge in [0.2, 0.25) is 0 Å². The quantitative estimate of drug-likeness (QED) is 0.703. The Morgan fingerprint density at radius 2 is 2.24 bits per heavy atom. The first-order valence-corrected chi connectivity index (χ1v) is 8.18. The third kappa shape index (κ3) is 4.80. The van der Waals surface area contributed by atoms with E-state index in [-0.39, 0.29) is 5.54 Å². The van der Waals surface area contributed by atoms with Gasteiger partial charge in [-0.25, -0.2) is 0 Å². The maximum atomic E-state index is 9.61. The summed E-state index contributed by atoms with van der Waals surface area (Å²) in [5.74, 6) is 2.10. The van der Waals surface area contributed by atoms with Crippen LogP contribution in [-0.2, 0) is 0 Å². The van der Waals surface area contributed by atoms with Crippen molar-refractivity contribution in [1.82, 2.24) is 5.32 Å². The second kappa shape index (κ2) is 7.65. The highest BCUT2D eigenvalue weighted by Gasteiger charge is 2.38. The van der Waals surface area contributed by atoms with Crippen LogP contribution in [0.15, 0.2) is 0 Å². The largest absolute Gasteiger partial charge is 0.394 e. The van der Waals surface area contributed by atoms with E-state index in [9.17, 15) is 5.11 Å². The van der Waals surface area contributed by atoms with Gasteiger partial charge in [0, 0.05) is 10.8 Å². The lowest BCUT2D eigenvalue weighted by atomic mass is 9.99. The van der Waals surface area contributed by atoms with Crippen LogP contribution in [0.5, 0.6) is 0 Å². The first kappa shape index (κ1) is 15.3. The Kier molecular flexibility index (Phi) is 6.90. The van der Waals surface area contributed by atoms with E-state index in [1.54, 1.807) is 0 Å². The van der Waals surface area contributed by atoms with E-state index in [1.165, 1.54) is 18.6 Å². The third-order valence-electron chi connectivity index (χ3n) is 3.93. The van der Waals surface area contributed by atoms with Gasteiger partial charge in [0.05, 0.1) is 6.61 Å². The van der Waals surface area contributed by atoms with Gasteiger partial charge < -0.3 is 10.4 Å². The highest BCUT2D eigenvalue weighted by Crippen LogP contribution is 2.37. The van der Waals surface area contributed by atoms with Crippen LogP contribution >= 0.6 is 11.8 Å². The molecule has 102 valence electrons. The predicted molar refractivity (Wildman–Crippen MR) is 77.7 cm³/mol. The van der Waals surface area contributed by atoms with Crippen molar-refractivity contribution in [3.8, 4) is 0 Å². The lowest BCUT2D eigenvalue weighted by molar-refractivity contribution is 0.165. The lowest BCUT2D eigenvalue weighted by Gasteiger charge is -2.28. The van der Waals surface area contributed by atoms with Crippen LogP contribution in [0.2, 0.25) is 0 Å². The number of thioether (sulfide) groups is 1. The molecule has 17 heavy (non-hydrogen) atoms. The van der Waals surface area contributed by atoms with E-state index in [2.05, 4.69) is 37.8 Å². The summed E-state index contributed by atoms with van der Waals surface area (Å²) < 4.78 is 0. The molecule has 0 heterocycles. The van der Waals surface area contributed by atoms with Gasteiger partial charge in [-0.3, -0.25) is 0 Å². The third-order valence-corrected chi connectivity index (χ3v) is 5.56. The first-order valence-electron chi connectivity index (χ1n) is 7.13. The van der Waals surface area contributed by atoms with Gasteiger partial charge in [-0.05, 0) is 43.9 Å². The molecule has 0 bridgehead atoms. The van der Waals surface area contributed by atoms with E-state index < -0.39 is 0 Å². The number of hydrogen-bond donors (Lipinski definition) is 2. The summed E-state index contributed by atoms with van der Waals surface area (Å²) >= 11 is 2.12. The Balaban J connectivity index is 2.33. The van der Waals surface area contributed by atoms with Gasteiger partial charge in [0.25, 0.3) is 0 Å². The summed E-state index contributed by atoms with van der Waals surface area (Å²) in [5, 5.41) is 13.9. The molecule has 1 saturated carbocycles. The molecular weight excluding hydrogens is 230 g/mol. The molecule has 0 saturated heterocycles. The van der Waals surface area contributed by atoms with E-state index in [1.807, 2.05) is 0 Å². The number of nitrogens with one attached hydrogen (secondary N) is 1. The molecular formula is C14H29NOS. The highest BCUT2D eigenvalue weighted by atomic mass is 32.2. The second-order valence-electron chi connectivity index (χ2n) is 5.58. The maximum Gasteiger partial charge on any atom is 0.0613 e. The van der Waals surface area contributed by atoms with Crippen molar-refractivity contribution in [3.63, 3.8) is 0 Å². The first-order chi connectivity index (χ1) is 8.15. The van der Waals surface area contributed by atoms with Crippen LogP contribution in [0.4, 0.5) is 0 Å². The van der Waals surface area contributed by atoms with Gasteiger partial charge in [-0.1, -0.05) is 27.2 Å². The fourth-order valence-corrected chi connectivity index (χ4v) is 3.95. The van der Waals surface area contributed by atoms with Gasteiger partial charge in [0.15, 0.2) is 0 Å². The van der Waals surface area contributed by atoms with Crippen LogP contribution in [0, 0.1) is 5.92 Å². The Bertz CT molecular complexity index is 212. The summed E-state index contributed by atoms with van der Waals surface area (Å²) in [5.41, 5.74) is 0.0309. The van der Waals surface area contributed by atoms with Crippen molar-refractivity contribution < 1.29 is 5.11 Å². The molecule has 0 aromatic carbocycles. The Morgan fingerprint density at radius 1 is 1.47 bits per heavy atom. The zero-order valence-electron chi connectivity index (χ0n) is 11.7. The van der Waals surface area contributed by atoms with Crippen molar-refractivity contribution in [2.45, 2.75) is 63.7 Å². The number of rotatable bonds is 8. The molecule has 3 heteroatoms. The molecule has 1 rings (SSSR count). The smallest absolute Gasteiger partial charge is 0.0613 e. The lowest BCUT2D eigenvalue weighted by Crippen LogP contribution is -2.46. The molecule has 2 nitrogen and oxygen atoms in total. The minimum Gasteiger partial charge on any atom is -0.394 e. The molecule has 0 radical (unpaired) electrons. The number of aliphatic hydroxyl groups is 1. The molecule has 0 amide bonds. The summed E-state index contributed by atoms with van der Waals surface area (Å²) in [7, 11) is 0. The minimum absolute atomic E-state index is 0.0309. The zero-order valence-corrected chi connectivity index (χ0v) is 12.5. The summed E-state index contributed by atoms with van der Waals surface area (Å²) in [6.07, 6.45) is 5.97. The zero-order chi connectivity index (χ0) is 12.7. The molecule has 3 atom stereocenters. The van der Waals surface area contributed by atoms with Crippen LogP contribution < -0.4 is 5.32 Å². The topological polar surface area (TPSA) is 32.3 Å². The van der Waals surface area contributed by atoms with Crippen molar-refractivity contribution in [1.29, 1.82) is 0 Å². The van der Waals surface area contributed by atoms with Crippen LogP contribution in [0.25, 0.3) is 0 Å². The average Bonchev–Trinajstić information content (AvgIpc) is 2.78. The Labute approximate surface area is 111 Å². The fourth-order valence-electron chi connectivity index (χ4n) is 2.39. The molecule has 0 spiro atoms. The van der Waals surface area contributed by atoms with Crippen LogP contribution in [0.3, 0.4) is 0 Å². The average molecular weight is 259 g/mol. The monoisotopic (exact) mass is 259 g/mol. The van der Waals surface area contributed by atoms with Crippen molar-refractivity contribution in [2.75, 3.05) is 18.9 Å². The van der Waals surface area contributed by atoms with Crippen molar-refractivity contribution in [2.24, 2.45) is 5.92 Å². The molecule has 0 aromatic heterocycles. The molecule has 1 aliphatic carbocycles. The van der Waals surface area contributed by atoms with E-state index >= 15 is 0 Å². The van der Waals surface area contributed by atoms with Crippen molar-refractivity contribution >= 4 is 11.8 Å². The standard InChI is InChI=1S/C14H29NOS/c1-4-8-15-14(11-16)7-6-13(9-14)17-10-12(3)5-2/h12-13,15-16H,4-11H2,1-3H3. The highest BCUT2D eigenvalue weighted by molar-refractivity contribution is 7.99. The molecule has 2 N–H and O–H groups in total. The summed E-state index contributed by atoms with van der Waals surface area (Å²) in [6, 6.07) is 0. The van der Waals surface area contributed by atoms with E-state index in [0.29, 0.717) is 6.61 Å². The SMILES string of the molecule is CCCNC1(CO)CCC(SCC(C)CC)C1. The van der Waals surface area contributed by atoms with Crippen LogP contribution in [-0.4, -0.2) is 34.8 Å². The van der Waals surface area contributed by atoms with E-state index in [0.717, 1.165) is 37.0 Å². The van der Waals surface area contributed by atoms with Gasteiger partial charge in [0.1, 0.15) is 0 Å². The van der Waals surface area contributed by atoms with Crippen LogP contribution in [0.1, 0.15) is 52.9 Å². The Hall–Kier alpha value is 0.270. The summed E-state index contributed by atoms with van der Waals surface area (Å²) in [4.78, 5) is 0. The van der Waals surface area contributed by atoms with Gasteiger partial charge in [-0.2, -0.15) is 11.8 Å². The van der Waals surface area contributed by atoms with E-state index in [4.69, 9.17) is 0 Å². The van der Waals surface area contributed by atoms with Crippen molar-refractivity contribution in [3.05, 3.63) is 0 Å². The summed E-state index contributed by atoms with van der Waals surface area (Å²) in [6.45, 7) is 8.11. The fraction of sp³-hybridized carbons (Fsp3) is 1.00. The second-order valence-corrected chi connectivity index (χ2v) is 6.91. The molecule has 1 fully saturated rings. The number of aliphatic hydroxyl groups excluding tert-OH is 1. The molecule has 0 aliphatic heterocycles. The maximum absolute atomic E-state index is 9.61. The minimum atomic E-state index is 0.0309. The normalized spacial score (nSPS) is 30.7. The Morgan fingerprint density at radius 3 is 2.82 bits per heavy atom. The van der Waals surface area contributed by atoms with Gasteiger partial charge in [-0.15, -0.1) is 0 Å². The molecule has 0 aromatic rings. The molecule has 1 aliphatic rings. The number of hydrogen-bond acceptors (Lipinski definition) is 3. The molecule has 3 unspecified atom stereocenters.